The molecule has 1 atom stereocenters. The summed E-state index contributed by atoms with van der Waals surface area (Å²) < 4.78 is 31.2. The van der Waals surface area contributed by atoms with Crippen LogP contribution in [0.4, 0.5) is 0 Å². The topological polar surface area (TPSA) is 72.5 Å². The van der Waals surface area contributed by atoms with Gasteiger partial charge in [0.15, 0.2) is 0 Å². The Morgan fingerprint density at radius 1 is 1.35 bits per heavy atom. The highest BCUT2D eigenvalue weighted by molar-refractivity contribution is 7.90. The Bertz CT molecular complexity index is 346. The van der Waals surface area contributed by atoms with Crippen molar-refractivity contribution in [3.63, 3.8) is 0 Å². The molecule has 0 amide bonds. The van der Waals surface area contributed by atoms with Gasteiger partial charge in [-0.15, -0.1) is 0 Å². The van der Waals surface area contributed by atoms with Crippen LogP contribution in [0.3, 0.4) is 0 Å². The highest BCUT2D eigenvalue weighted by atomic mass is 32.2. The van der Waals surface area contributed by atoms with E-state index < -0.39 is 22.0 Å². The standard InChI is InChI=1S/C11H21NO4S/c1-3-16-11(13)9(2)12-17(14,15)10-7-5-4-6-8-10/h9-10,12H,3-8H2,1-2H3. The number of esters is 1. The Hall–Kier alpha value is -0.620. The summed E-state index contributed by atoms with van der Waals surface area (Å²) in [5.74, 6) is -0.521. The molecule has 0 saturated heterocycles. The summed E-state index contributed by atoms with van der Waals surface area (Å²) in [7, 11) is -3.40. The molecule has 1 fully saturated rings. The molecule has 1 unspecified atom stereocenters. The molecule has 1 saturated carbocycles. The summed E-state index contributed by atoms with van der Waals surface area (Å²) in [4.78, 5) is 11.4. The molecule has 17 heavy (non-hydrogen) atoms. The zero-order valence-corrected chi connectivity index (χ0v) is 11.3. The van der Waals surface area contributed by atoms with E-state index in [-0.39, 0.29) is 11.9 Å². The lowest BCUT2D eigenvalue weighted by molar-refractivity contribution is -0.144. The first-order valence-corrected chi connectivity index (χ1v) is 7.69. The van der Waals surface area contributed by atoms with Gasteiger partial charge in [-0.05, 0) is 26.7 Å². The average Bonchev–Trinajstić information content (AvgIpc) is 2.30. The van der Waals surface area contributed by atoms with E-state index in [1.54, 1.807) is 6.92 Å². The molecule has 100 valence electrons. The van der Waals surface area contributed by atoms with Crippen LogP contribution >= 0.6 is 0 Å². The van der Waals surface area contributed by atoms with Crippen molar-refractivity contribution in [2.45, 2.75) is 57.2 Å². The van der Waals surface area contributed by atoms with E-state index in [9.17, 15) is 13.2 Å². The molecule has 1 N–H and O–H groups in total. The third-order valence-corrected chi connectivity index (χ3v) is 5.00. The summed E-state index contributed by atoms with van der Waals surface area (Å²) in [5.41, 5.74) is 0. The summed E-state index contributed by atoms with van der Waals surface area (Å²) in [6, 6.07) is -0.804. The van der Waals surface area contributed by atoms with Crippen LogP contribution in [-0.4, -0.2) is 32.3 Å². The fraction of sp³-hybridized carbons (Fsp3) is 0.909. The van der Waals surface area contributed by atoms with E-state index in [1.807, 2.05) is 0 Å². The number of ether oxygens (including phenoxy) is 1. The lowest BCUT2D eigenvalue weighted by atomic mass is 10.0. The van der Waals surface area contributed by atoms with Crippen LogP contribution in [0.5, 0.6) is 0 Å². The Kier molecular flexibility index (Phi) is 5.39. The molecule has 1 aliphatic carbocycles. The first-order chi connectivity index (χ1) is 7.97. The van der Waals surface area contributed by atoms with Crippen LogP contribution in [0.1, 0.15) is 46.0 Å². The minimum atomic E-state index is -3.40. The lowest BCUT2D eigenvalue weighted by Crippen LogP contribution is -2.44. The third kappa shape index (κ3) is 4.27. The van der Waals surface area contributed by atoms with Gasteiger partial charge >= 0.3 is 5.97 Å². The van der Waals surface area contributed by atoms with E-state index >= 15 is 0 Å². The van der Waals surface area contributed by atoms with Crippen LogP contribution in [0.15, 0.2) is 0 Å². The minimum Gasteiger partial charge on any atom is -0.465 e. The highest BCUT2D eigenvalue weighted by Gasteiger charge is 2.30. The molecule has 0 radical (unpaired) electrons. The monoisotopic (exact) mass is 263 g/mol. The second-order valence-corrected chi connectivity index (χ2v) is 6.39. The summed E-state index contributed by atoms with van der Waals surface area (Å²) in [5, 5.41) is -0.354. The SMILES string of the molecule is CCOC(=O)C(C)NS(=O)(=O)C1CCCCC1. The molecular formula is C11H21NO4S. The van der Waals surface area contributed by atoms with E-state index in [0.29, 0.717) is 12.8 Å². The predicted octanol–water partition coefficient (Wildman–Crippen LogP) is 1.19. The van der Waals surface area contributed by atoms with Gasteiger partial charge in [-0.1, -0.05) is 19.3 Å². The Morgan fingerprint density at radius 3 is 2.47 bits per heavy atom. The zero-order chi connectivity index (χ0) is 12.9. The molecule has 0 aromatic heterocycles. The molecule has 5 nitrogen and oxygen atoms in total. The van der Waals surface area contributed by atoms with Crippen molar-refractivity contribution in [1.82, 2.24) is 4.72 Å². The van der Waals surface area contributed by atoms with Crippen molar-refractivity contribution in [3.05, 3.63) is 0 Å². The Balaban J connectivity index is 2.56. The van der Waals surface area contributed by atoms with Gasteiger partial charge in [-0.25, -0.2) is 13.1 Å². The number of carbonyl (C=O) groups is 1. The number of hydrogen-bond acceptors (Lipinski definition) is 4. The van der Waals surface area contributed by atoms with Gasteiger partial charge < -0.3 is 4.74 Å². The molecule has 1 rings (SSSR count). The van der Waals surface area contributed by atoms with E-state index in [4.69, 9.17) is 4.74 Å². The second-order valence-electron chi connectivity index (χ2n) is 4.40. The number of rotatable bonds is 5. The first kappa shape index (κ1) is 14.4. The fourth-order valence-corrected chi connectivity index (χ4v) is 3.77. The van der Waals surface area contributed by atoms with Crippen LogP contribution < -0.4 is 4.72 Å². The quantitative estimate of drug-likeness (QED) is 0.756. The van der Waals surface area contributed by atoms with Gasteiger partial charge in [0.1, 0.15) is 6.04 Å². The lowest BCUT2D eigenvalue weighted by Gasteiger charge is -2.23. The normalized spacial score (nSPS) is 19.9. The molecule has 0 aromatic carbocycles. The molecule has 0 aliphatic heterocycles. The molecule has 0 spiro atoms. The van der Waals surface area contributed by atoms with E-state index in [2.05, 4.69) is 4.72 Å². The van der Waals surface area contributed by atoms with Crippen molar-refractivity contribution < 1.29 is 17.9 Å². The van der Waals surface area contributed by atoms with Gasteiger partial charge in [-0.3, -0.25) is 4.79 Å². The number of sulfonamides is 1. The van der Waals surface area contributed by atoms with Crippen molar-refractivity contribution in [2.24, 2.45) is 0 Å². The smallest absolute Gasteiger partial charge is 0.323 e. The largest absolute Gasteiger partial charge is 0.465 e. The predicted molar refractivity (Wildman–Crippen MR) is 65.0 cm³/mol. The van der Waals surface area contributed by atoms with Crippen LogP contribution in [0.25, 0.3) is 0 Å². The first-order valence-electron chi connectivity index (χ1n) is 6.15. The van der Waals surface area contributed by atoms with Gasteiger partial charge in [0, 0.05) is 0 Å². The summed E-state index contributed by atoms with van der Waals surface area (Å²) in [6.45, 7) is 3.47. The second kappa shape index (κ2) is 6.35. The van der Waals surface area contributed by atoms with Crippen molar-refractivity contribution in [1.29, 1.82) is 0 Å². The van der Waals surface area contributed by atoms with Crippen molar-refractivity contribution in [3.8, 4) is 0 Å². The van der Waals surface area contributed by atoms with E-state index in [1.165, 1.54) is 6.92 Å². The van der Waals surface area contributed by atoms with Crippen LogP contribution in [0.2, 0.25) is 0 Å². The van der Waals surface area contributed by atoms with Gasteiger partial charge in [0.05, 0.1) is 11.9 Å². The maximum Gasteiger partial charge on any atom is 0.323 e. The number of hydrogen-bond donors (Lipinski definition) is 1. The maximum absolute atomic E-state index is 12.0. The zero-order valence-electron chi connectivity index (χ0n) is 10.4. The third-order valence-electron chi connectivity index (χ3n) is 2.97. The van der Waals surface area contributed by atoms with Crippen LogP contribution in [0, 0.1) is 0 Å². The Labute approximate surface area is 103 Å². The Morgan fingerprint density at radius 2 is 1.94 bits per heavy atom. The van der Waals surface area contributed by atoms with Crippen molar-refractivity contribution in [2.75, 3.05) is 6.61 Å². The molecular weight excluding hydrogens is 242 g/mol. The summed E-state index contributed by atoms with van der Waals surface area (Å²) >= 11 is 0. The molecule has 6 heteroatoms. The maximum atomic E-state index is 12.0. The van der Waals surface area contributed by atoms with Gasteiger partial charge in [-0.2, -0.15) is 0 Å². The number of nitrogens with one attached hydrogen (secondary N) is 1. The van der Waals surface area contributed by atoms with E-state index in [0.717, 1.165) is 19.3 Å². The molecule has 0 aromatic rings. The average molecular weight is 263 g/mol. The molecule has 1 aliphatic rings. The summed E-state index contributed by atoms with van der Waals surface area (Å²) in [6.07, 6.45) is 4.36. The molecule has 0 bridgehead atoms. The van der Waals surface area contributed by atoms with Gasteiger partial charge in [0.25, 0.3) is 0 Å². The molecule has 0 heterocycles. The van der Waals surface area contributed by atoms with Crippen LogP contribution in [-0.2, 0) is 19.6 Å². The minimum absolute atomic E-state index is 0.258. The number of carbonyl (C=O) groups excluding carboxylic acids is 1. The highest BCUT2D eigenvalue weighted by Crippen LogP contribution is 2.23. The van der Waals surface area contributed by atoms with Crippen molar-refractivity contribution >= 4 is 16.0 Å². The van der Waals surface area contributed by atoms with Gasteiger partial charge in [0.2, 0.25) is 10.0 Å². The fourth-order valence-electron chi connectivity index (χ4n) is 2.03.